The number of benzene rings is 2. The van der Waals surface area contributed by atoms with Crippen LogP contribution in [0.5, 0.6) is 0 Å². The van der Waals surface area contributed by atoms with Crippen LogP contribution in [0.4, 0.5) is 16.2 Å². The molecule has 8 heteroatoms. The number of rotatable bonds is 10. The number of aryl methyl sites for hydroxylation is 2. The van der Waals surface area contributed by atoms with E-state index in [9.17, 15) is 19.5 Å². The van der Waals surface area contributed by atoms with Gasteiger partial charge in [0.1, 0.15) is 6.04 Å². The van der Waals surface area contributed by atoms with Crippen LogP contribution in [0.2, 0.25) is 0 Å². The molecule has 1 unspecified atom stereocenters. The Bertz CT molecular complexity index is 1030. The number of nitrogens with one attached hydrogen (secondary N) is 2. The molecular formula is C26H35N3O4S. The van der Waals surface area contributed by atoms with E-state index in [2.05, 4.69) is 48.4 Å². The van der Waals surface area contributed by atoms with Gasteiger partial charge in [0.25, 0.3) is 5.24 Å². The van der Waals surface area contributed by atoms with Crippen molar-refractivity contribution in [2.24, 2.45) is 5.92 Å². The van der Waals surface area contributed by atoms with E-state index >= 15 is 0 Å². The second-order valence-electron chi connectivity index (χ2n) is 8.42. The molecule has 0 saturated heterocycles. The number of carbonyl (C=O) groups is 3. The predicted octanol–water partition coefficient (Wildman–Crippen LogP) is 5.31. The first-order valence-corrected chi connectivity index (χ1v) is 12.5. The van der Waals surface area contributed by atoms with Gasteiger partial charge >= 0.3 is 5.97 Å². The molecule has 0 heterocycles. The second kappa shape index (κ2) is 12.5. The number of thioether (sulfide) groups is 1. The van der Waals surface area contributed by atoms with Crippen molar-refractivity contribution in [1.82, 2.24) is 5.32 Å². The minimum absolute atomic E-state index is 0.0736. The molecule has 7 nitrogen and oxygen atoms in total. The molecule has 2 rings (SSSR count). The summed E-state index contributed by atoms with van der Waals surface area (Å²) >= 11 is 0.839. The van der Waals surface area contributed by atoms with E-state index in [0.717, 1.165) is 52.8 Å². The van der Waals surface area contributed by atoms with Crippen molar-refractivity contribution in [3.63, 3.8) is 0 Å². The van der Waals surface area contributed by atoms with Crippen LogP contribution in [-0.4, -0.2) is 47.1 Å². The zero-order valence-electron chi connectivity index (χ0n) is 20.8. The lowest BCUT2D eigenvalue weighted by Gasteiger charge is -2.27. The Morgan fingerprint density at radius 3 is 2.12 bits per heavy atom. The summed E-state index contributed by atoms with van der Waals surface area (Å²) in [5.74, 6) is -1.95. The fraction of sp³-hybridized carbons (Fsp3) is 0.423. The van der Waals surface area contributed by atoms with E-state index in [1.165, 1.54) is 0 Å². The predicted molar refractivity (Wildman–Crippen MR) is 141 cm³/mol. The van der Waals surface area contributed by atoms with Crippen LogP contribution in [0.25, 0.3) is 11.1 Å². The molecule has 1 atom stereocenters. The summed E-state index contributed by atoms with van der Waals surface area (Å²) in [6.45, 7) is 13.4. The van der Waals surface area contributed by atoms with Gasteiger partial charge in [-0.15, -0.1) is 0 Å². The molecule has 0 radical (unpaired) electrons. The van der Waals surface area contributed by atoms with Gasteiger partial charge in [-0.25, -0.2) is 4.79 Å². The third kappa shape index (κ3) is 6.76. The Labute approximate surface area is 206 Å². The van der Waals surface area contributed by atoms with E-state index in [1.54, 1.807) is 13.8 Å². The molecule has 0 spiro atoms. The molecule has 0 aliphatic carbocycles. The number of aliphatic carboxylic acids is 1. The number of hydrogen-bond acceptors (Lipinski definition) is 5. The Hall–Kier alpha value is -3.00. The number of hydrogen-bond donors (Lipinski definition) is 3. The molecule has 34 heavy (non-hydrogen) atoms. The summed E-state index contributed by atoms with van der Waals surface area (Å²) in [6.07, 6.45) is 0. The molecule has 0 bridgehead atoms. The molecule has 2 aromatic carbocycles. The summed E-state index contributed by atoms with van der Waals surface area (Å²) < 4.78 is 0. The summed E-state index contributed by atoms with van der Waals surface area (Å²) in [5.41, 5.74) is 5.90. The van der Waals surface area contributed by atoms with E-state index in [4.69, 9.17) is 0 Å². The average Bonchev–Trinajstić information content (AvgIpc) is 2.78. The van der Waals surface area contributed by atoms with Gasteiger partial charge in [-0.05, 0) is 51.0 Å². The fourth-order valence-corrected chi connectivity index (χ4v) is 4.45. The van der Waals surface area contributed by atoms with Gasteiger partial charge in [0.05, 0.1) is 0 Å². The number of amides is 2. The van der Waals surface area contributed by atoms with Crippen LogP contribution in [0.1, 0.15) is 38.8 Å². The van der Waals surface area contributed by atoms with Crippen molar-refractivity contribution in [2.45, 2.75) is 47.6 Å². The van der Waals surface area contributed by atoms with E-state index in [1.807, 2.05) is 31.2 Å². The Kier molecular flexibility index (Phi) is 9.98. The molecule has 3 N–H and O–H groups in total. The topological polar surface area (TPSA) is 98.7 Å². The first-order valence-electron chi connectivity index (χ1n) is 11.5. The van der Waals surface area contributed by atoms with Crippen molar-refractivity contribution in [2.75, 3.05) is 29.1 Å². The lowest BCUT2D eigenvalue weighted by Crippen LogP contribution is -2.44. The molecule has 2 aromatic rings. The number of nitrogens with zero attached hydrogens (tertiary/aromatic N) is 1. The van der Waals surface area contributed by atoms with Gasteiger partial charge in [-0.2, -0.15) is 0 Å². The maximum absolute atomic E-state index is 12.8. The lowest BCUT2D eigenvalue weighted by molar-refractivity contribution is -0.141. The standard InChI is InChI=1S/C26H35N3O4S/c1-7-29(8-2)21-14-10-12-18(6)23(21)22-17(5)11-9-13-19(22)28-26(33)34-15-20(25(31)32)27-24(30)16(3)4/h9-14,16,20H,7-8,15H2,1-6H3,(H,27,30)(H,28,33)(H,31,32). The highest BCUT2D eigenvalue weighted by atomic mass is 32.2. The van der Waals surface area contributed by atoms with Crippen LogP contribution in [0, 0.1) is 19.8 Å². The highest BCUT2D eigenvalue weighted by Crippen LogP contribution is 2.40. The van der Waals surface area contributed by atoms with Crippen LogP contribution < -0.4 is 15.5 Å². The average molecular weight is 486 g/mol. The summed E-state index contributed by atoms with van der Waals surface area (Å²) in [6, 6.07) is 10.8. The highest BCUT2D eigenvalue weighted by molar-refractivity contribution is 8.13. The summed E-state index contributed by atoms with van der Waals surface area (Å²) in [5, 5.41) is 14.5. The summed E-state index contributed by atoms with van der Waals surface area (Å²) in [7, 11) is 0. The van der Waals surface area contributed by atoms with Crippen LogP contribution >= 0.6 is 11.8 Å². The summed E-state index contributed by atoms with van der Waals surface area (Å²) in [4.78, 5) is 38.5. The Balaban J connectivity index is 2.32. The monoisotopic (exact) mass is 485 g/mol. The molecule has 0 aromatic heterocycles. The van der Waals surface area contributed by atoms with E-state index in [0.29, 0.717) is 5.69 Å². The van der Waals surface area contributed by atoms with Crippen molar-refractivity contribution in [3.8, 4) is 11.1 Å². The number of carbonyl (C=O) groups excluding carboxylic acids is 2. The zero-order valence-corrected chi connectivity index (χ0v) is 21.6. The van der Waals surface area contributed by atoms with E-state index in [-0.39, 0.29) is 22.8 Å². The SMILES string of the molecule is CCN(CC)c1cccc(C)c1-c1c(C)cccc1NC(=O)SCC(NC(=O)C(C)C)C(=O)O. The van der Waals surface area contributed by atoms with Crippen LogP contribution in [0.15, 0.2) is 36.4 Å². The van der Waals surface area contributed by atoms with Crippen molar-refractivity contribution >= 4 is 40.3 Å². The van der Waals surface area contributed by atoms with Gasteiger partial charge < -0.3 is 20.6 Å². The minimum Gasteiger partial charge on any atom is -0.480 e. The molecule has 0 saturated carbocycles. The van der Waals surface area contributed by atoms with Gasteiger partial charge in [0.15, 0.2) is 0 Å². The maximum atomic E-state index is 12.8. The quantitative estimate of drug-likeness (QED) is 0.422. The third-order valence-corrected chi connectivity index (χ3v) is 6.50. The highest BCUT2D eigenvalue weighted by Gasteiger charge is 2.24. The maximum Gasteiger partial charge on any atom is 0.327 e. The van der Waals surface area contributed by atoms with Crippen molar-refractivity contribution in [3.05, 3.63) is 47.5 Å². The van der Waals surface area contributed by atoms with Gasteiger partial charge in [0, 0.05) is 47.3 Å². The molecular weight excluding hydrogens is 450 g/mol. The van der Waals surface area contributed by atoms with Gasteiger partial charge in [-0.1, -0.05) is 49.9 Å². The molecule has 0 aliphatic rings. The largest absolute Gasteiger partial charge is 0.480 e. The molecule has 2 amide bonds. The van der Waals surface area contributed by atoms with Crippen LogP contribution in [-0.2, 0) is 9.59 Å². The number of carboxylic acids is 1. The first-order chi connectivity index (χ1) is 16.1. The lowest BCUT2D eigenvalue weighted by atomic mass is 9.92. The Morgan fingerprint density at radius 1 is 0.971 bits per heavy atom. The minimum atomic E-state index is -1.17. The van der Waals surface area contributed by atoms with Gasteiger partial charge in [0.2, 0.25) is 5.91 Å². The van der Waals surface area contributed by atoms with Crippen molar-refractivity contribution in [1.29, 1.82) is 0 Å². The number of anilines is 2. The molecule has 0 aliphatic heterocycles. The van der Waals surface area contributed by atoms with E-state index < -0.39 is 12.0 Å². The smallest absolute Gasteiger partial charge is 0.327 e. The number of carboxylic acid groups (broad SMARTS) is 1. The first kappa shape index (κ1) is 27.2. The fourth-order valence-electron chi connectivity index (χ4n) is 3.73. The normalized spacial score (nSPS) is 11.7. The Morgan fingerprint density at radius 2 is 1.56 bits per heavy atom. The van der Waals surface area contributed by atoms with Crippen molar-refractivity contribution < 1.29 is 19.5 Å². The van der Waals surface area contributed by atoms with Crippen LogP contribution in [0.3, 0.4) is 0 Å². The molecule has 184 valence electrons. The second-order valence-corrected chi connectivity index (χ2v) is 9.41. The zero-order chi connectivity index (χ0) is 25.4. The third-order valence-electron chi connectivity index (χ3n) is 5.63. The van der Waals surface area contributed by atoms with Gasteiger partial charge in [-0.3, -0.25) is 9.59 Å². The molecule has 0 fully saturated rings.